The smallest absolute Gasteiger partial charge is 0.290 e. The summed E-state index contributed by atoms with van der Waals surface area (Å²) in [5.74, 6) is 0. The molecule has 1 fully saturated rings. The van der Waals surface area contributed by atoms with Gasteiger partial charge in [0.15, 0.2) is 0 Å². The molecule has 7 nitrogen and oxygen atoms in total. The number of amidine groups is 1. The third kappa shape index (κ3) is 3.57. The fraction of sp³-hybridized carbons (Fsp3) is 0.458. The zero-order valence-corrected chi connectivity index (χ0v) is 18.0. The summed E-state index contributed by atoms with van der Waals surface area (Å²) < 4.78 is 11.4. The highest BCUT2D eigenvalue weighted by atomic mass is 16.5. The number of nitrogens with two attached hydrogens (primary N) is 1. The number of aliphatic imine (C=N–C) groups is 1. The van der Waals surface area contributed by atoms with Gasteiger partial charge in [0.05, 0.1) is 6.10 Å². The average Bonchev–Trinajstić information content (AvgIpc) is 3.28. The SMILES string of the molecule is CO[C@H]1CC[C@]2(CC1)Cc1ccc(-c3cncc(C)c3)cc1[C@@]21COC(N)=N1.O=CO. The summed E-state index contributed by atoms with van der Waals surface area (Å²) in [6, 6.07) is 9.29. The lowest BCUT2D eigenvalue weighted by Gasteiger charge is -2.45. The molecule has 0 amide bonds. The third-order valence-corrected chi connectivity index (χ3v) is 7.12. The van der Waals surface area contributed by atoms with E-state index < -0.39 is 0 Å². The van der Waals surface area contributed by atoms with Crippen LogP contribution in [0.15, 0.2) is 41.7 Å². The number of carboxylic acid groups (broad SMARTS) is 1. The van der Waals surface area contributed by atoms with Gasteiger partial charge in [0.25, 0.3) is 12.5 Å². The largest absolute Gasteiger partial charge is 0.483 e. The molecule has 3 aliphatic rings. The maximum absolute atomic E-state index is 8.36. The number of rotatable bonds is 2. The lowest BCUT2D eigenvalue weighted by molar-refractivity contribution is -0.122. The van der Waals surface area contributed by atoms with E-state index in [0.717, 1.165) is 43.2 Å². The summed E-state index contributed by atoms with van der Waals surface area (Å²) in [4.78, 5) is 17.7. The summed E-state index contributed by atoms with van der Waals surface area (Å²) in [7, 11) is 1.82. The number of aromatic nitrogens is 1. The highest BCUT2D eigenvalue weighted by molar-refractivity contribution is 5.76. The van der Waals surface area contributed by atoms with Crippen molar-refractivity contribution in [3.05, 3.63) is 53.3 Å². The zero-order chi connectivity index (χ0) is 22.1. The summed E-state index contributed by atoms with van der Waals surface area (Å²) in [5.41, 5.74) is 11.9. The molecule has 1 aliphatic heterocycles. The molecular formula is C24H29N3O4. The molecule has 31 heavy (non-hydrogen) atoms. The number of hydrogen-bond donors (Lipinski definition) is 2. The van der Waals surface area contributed by atoms with Crippen molar-refractivity contribution in [3.63, 3.8) is 0 Å². The van der Waals surface area contributed by atoms with Crippen LogP contribution in [-0.4, -0.2) is 42.4 Å². The van der Waals surface area contributed by atoms with E-state index in [0.29, 0.717) is 18.7 Å². The van der Waals surface area contributed by atoms with Crippen LogP contribution in [-0.2, 0) is 26.2 Å². The molecular weight excluding hydrogens is 394 g/mol. The van der Waals surface area contributed by atoms with Gasteiger partial charge in [-0.05, 0) is 73.4 Å². The van der Waals surface area contributed by atoms with Crippen molar-refractivity contribution in [3.8, 4) is 11.1 Å². The first-order chi connectivity index (χ1) is 15.0. The Hall–Kier alpha value is -2.93. The lowest BCUT2D eigenvalue weighted by Crippen LogP contribution is -2.46. The predicted octanol–water partition coefficient (Wildman–Crippen LogP) is 3.43. The van der Waals surface area contributed by atoms with Gasteiger partial charge in [-0.25, -0.2) is 4.99 Å². The maximum atomic E-state index is 8.36. The van der Waals surface area contributed by atoms with E-state index in [-0.39, 0.29) is 17.4 Å². The monoisotopic (exact) mass is 423 g/mol. The van der Waals surface area contributed by atoms with E-state index in [2.05, 4.69) is 36.2 Å². The standard InChI is InChI=1S/C23H27N3O2.CH2O2/c1-15-9-18(13-25-12-15)16-3-4-17-11-22(7-5-19(27-2)6-8-22)23(20(17)10-16)14-28-21(24)26-23;2-1-3/h3-4,9-10,12-13,19H,5-8,11,14H2,1-2H3,(H2,24,26);1H,(H,2,3)/t19-,22-,23-;/m0./s1. The second kappa shape index (κ2) is 8.30. The highest BCUT2D eigenvalue weighted by Crippen LogP contribution is 2.61. The first-order valence-electron chi connectivity index (χ1n) is 10.6. The minimum Gasteiger partial charge on any atom is -0.483 e. The van der Waals surface area contributed by atoms with Crippen molar-refractivity contribution in [2.24, 2.45) is 16.1 Å². The van der Waals surface area contributed by atoms with Crippen LogP contribution >= 0.6 is 0 Å². The molecule has 2 aromatic rings. The van der Waals surface area contributed by atoms with E-state index in [1.54, 1.807) is 0 Å². The van der Waals surface area contributed by atoms with E-state index in [9.17, 15) is 0 Å². The van der Waals surface area contributed by atoms with Crippen LogP contribution in [0.1, 0.15) is 42.4 Å². The third-order valence-electron chi connectivity index (χ3n) is 7.12. The molecule has 0 radical (unpaired) electrons. The highest BCUT2D eigenvalue weighted by Gasteiger charge is 2.61. The quantitative estimate of drug-likeness (QED) is 0.717. The molecule has 0 bridgehead atoms. The molecule has 1 atom stereocenters. The van der Waals surface area contributed by atoms with Crippen molar-refractivity contribution >= 4 is 12.5 Å². The first-order valence-corrected chi connectivity index (χ1v) is 10.6. The number of benzene rings is 1. The number of ether oxygens (including phenoxy) is 2. The Morgan fingerprint density at radius 2 is 1.97 bits per heavy atom. The summed E-state index contributed by atoms with van der Waals surface area (Å²) >= 11 is 0. The number of pyridine rings is 1. The van der Waals surface area contributed by atoms with E-state index in [1.807, 2.05) is 19.5 Å². The fourth-order valence-corrected chi connectivity index (χ4v) is 5.62. The Morgan fingerprint density at radius 1 is 1.23 bits per heavy atom. The predicted molar refractivity (Wildman–Crippen MR) is 118 cm³/mol. The number of aryl methyl sites for hydroxylation is 1. The fourth-order valence-electron chi connectivity index (χ4n) is 5.62. The molecule has 3 N–H and O–H groups in total. The molecule has 2 aliphatic carbocycles. The van der Waals surface area contributed by atoms with Gasteiger partial charge in [0, 0.05) is 30.5 Å². The Balaban J connectivity index is 0.000000730. The molecule has 1 aromatic heterocycles. The molecule has 0 unspecified atom stereocenters. The van der Waals surface area contributed by atoms with Crippen LogP contribution in [0.2, 0.25) is 0 Å². The van der Waals surface area contributed by atoms with Gasteiger partial charge in [-0.3, -0.25) is 9.78 Å². The Bertz CT molecular complexity index is 998. The molecule has 5 rings (SSSR count). The second-order valence-corrected chi connectivity index (χ2v) is 8.72. The van der Waals surface area contributed by atoms with Crippen LogP contribution in [0.3, 0.4) is 0 Å². The van der Waals surface area contributed by atoms with Crippen LogP contribution in [0.4, 0.5) is 0 Å². The van der Waals surface area contributed by atoms with Crippen LogP contribution in [0.25, 0.3) is 11.1 Å². The number of nitrogens with zero attached hydrogens (tertiary/aromatic N) is 2. The number of hydrogen-bond acceptors (Lipinski definition) is 6. The van der Waals surface area contributed by atoms with E-state index >= 15 is 0 Å². The van der Waals surface area contributed by atoms with E-state index in [4.69, 9.17) is 30.1 Å². The maximum Gasteiger partial charge on any atom is 0.290 e. The first kappa shape index (κ1) is 21.3. The zero-order valence-electron chi connectivity index (χ0n) is 18.0. The summed E-state index contributed by atoms with van der Waals surface area (Å²) in [6.07, 6.45) is 9.50. The number of fused-ring (bicyclic) bond motifs is 3. The minimum absolute atomic E-state index is 0.0644. The van der Waals surface area contributed by atoms with Crippen molar-refractivity contribution in [2.75, 3.05) is 13.7 Å². The minimum atomic E-state index is -0.377. The summed E-state index contributed by atoms with van der Waals surface area (Å²) in [5, 5.41) is 6.89. The van der Waals surface area contributed by atoms with Crippen LogP contribution in [0, 0.1) is 12.3 Å². The molecule has 0 saturated heterocycles. The molecule has 164 valence electrons. The van der Waals surface area contributed by atoms with Gasteiger partial charge in [0.1, 0.15) is 12.1 Å². The lowest BCUT2D eigenvalue weighted by atomic mass is 9.62. The van der Waals surface area contributed by atoms with Gasteiger partial charge >= 0.3 is 0 Å². The van der Waals surface area contributed by atoms with Gasteiger partial charge in [-0.15, -0.1) is 0 Å². The average molecular weight is 424 g/mol. The van der Waals surface area contributed by atoms with Crippen molar-refractivity contribution < 1.29 is 19.4 Å². The Morgan fingerprint density at radius 3 is 2.58 bits per heavy atom. The summed E-state index contributed by atoms with van der Waals surface area (Å²) in [6.45, 7) is 2.36. The van der Waals surface area contributed by atoms with Crippen LogP contribution in [0.5, 0.6) is 0 Å². The van der Waals surface area contributed by atoms with Crippen molar-refractivity contribution in [2.45, 2.75) is 50.7 Å². The van der Waals surface area contributed by atoms with Crippen molar-refractivity contribution in [1.29, 1.82) is 0 Å². The van der Waals surface area contributed by atoms with Gasteiger partial charge in [0.2, 0.25) is 0 Å². The Labute approximate surface area is 182 Å². The Kier molecular flexibility index (Phi) is 5.71. The topological polar surface area (TPSA) is 107 Å². The molecule has 1 saturated carbocycles. The number of carbonyl (C=O) groups is 1. The van der Waals surface area contributed by atoms with E-state index in [1.165, 1.54) is 16.7 Å². The molecule has 2 heterocycles. The van der Waals surface area contributed by atoms with Gasteiger partial charge in [-0.1, -0.05) is 12.1 Å². The molecule has 7 heteroatoms. The normalized spacial score (nSPS) is 28.5. The molecule has 2 spiro atoms. The number of methoxy groups -OCH3 is 1. The van der Waals surface area contributed by atoms with Crippen molar-refractivity contribution in [1.82, 2.24) is 4.98 Å². The molecule has 1 aromatic carbocycles. The van der Waals surface area contributed by atoms with Gasteiger partial charge < -0.3 is 20.3 Å². The second-order valence-electron chi connectivity index (χ2n) is 8.72. The van der Waals surface area contributed by atoms with Crippen LogP contribution < -0.4 is 5.73 Å². The van der Waals surface area contributed by atoms with Gasteiger partial charge in [-0.2, -0.15) is 0 Å².